The van der Waals surface area contributed by atoms with Gasteiger partial charge in [0.15, 0.2) is 0 Å². The molecule has 0 aliphatic carbocycles. The first-order chi connectivity index (χ1) is 14.0. The molecule has 0 radical (unpaired) electrons. The van der Waals surface area contributed by atoms with E-state index in [2.05, 4.69) is 15.3 Å². The first-order valence-electron chi connectivity index (χ1n) is 9.46. The second-order valence-electron chi connectivity index (χ2n) is 6.72. The number of H-pyrrole nitrogens is 1. The molecule has 3 aromatic rings. The Balaban J connectivity index is 1.91. The highest BCUT2D eigenvalue weighted by atomic mass is 16.5. The van der Waals surface area contributed by atoms with Crippen LogP contribution in [0.2, 0.25) is 0 Å². The number of nitrogens with two attached hydrogens (primary N) is 1. The van der Waals surface area contributed by atoms with Crippen LogP contribution >= 0.6 is 0 Å². The van der Waals surface area contributed by atoms with Crippen LogP contribution in [-0.2, 0) is 4.74 Å². The molecule has 0 saturated carbocycles. The van der Waals surface area contributed by atoms with E-state index in [1.165, 1.54) is 0 Å². The molecule has 150 valence electrons. The van der Waals surface area contributed by atoms with Crippen molar-refractivity contribution >= 4 is 17.6 Å². The lowest BCUT2D eigenvalue weighted by Gasteiger charge is -2.14. The van der Waals surface area contributed by atoms with Gasteiger partial charge >= 0.3 is 5.97 Å². The molecular weight excluding hydrogens is 368 g/mol. The molecule has 0 bridgehead atoms. The maximum absolute atomic E-state index is 12.7. The van der Waals surface area contributed by atoms with Gasteiger partial charge in [0.05, 0.1) is 6.61 Å². The lowest BCUT2D eigenvalue weighted by molar-refractivity contribution is 0.0499. The van der Waals surface area contributed by atoms with Crippen molar-refractivity contribution in [3.05, 3.63) is 71.8 Å². The molecule has 4 N–H and O–H groups in total. The van der Waals surface area contributed by atoms with E-state index in [4.69, 9.17) is 10.5 Å². The van der Waals surface area contributed by atoms with Gasteiger partial charge in [-0.15, -0.1) is 0 Å². The van der Waals surface area contributed by atoms with Gasteiger partial charge in [-0.1, -0.05) is 13.0 Å². The Bertz CT molecular complexity index is 996. The third-order valence-electron chi connectivity index (χ3n) is 4.40. The number of carbonyl (C=O) groups excluding carboxylic acids is 2. The van der Waals surface area contributed by atoms with Crippen molar-refractivity contribution in [2.45, 2.75) is 26.3 Å². The molecule has 0 aliphatic heterocycles. The van der Waals surface area contributed by atoms with E-state index in [1.54, 1.807) is 48.9 Å². The monoisotopic (exact) mass is 392 g/mol. The van der Waals surface area contributed by atoms with E-state index in [0.29, 0.717) is 23.6 Å². The zero-order valence-corrected chi connectivity index (χ0v) is 16.4. The normalized spacial score (nSPS) is 11.7. The Morgan fingerprint density at radius 2 is 1.97 bits per heavy atom. The standard InChI is InChI=1S/C22H24N4O3/c1-3-10-29-22(28)20-12-16(13-25-20)19-11-15(4-5-18(19)14(2)23)21(27)26-17-6-8-24-9-7-17/h4-9,11-14,25H,3,10,23H2,1-2H3,(H,24,26,27). The van der Waals surface area contributed by atoms with Crippen LogP contribution in [0.15, 0.2) is 55.0 Å². The summed E-state index contributed by atoms with van der Waals surface area (Å²) in [5, 5.41) is 2.84. The molecule has 0 saturated heterocycles. The van der Waals surface area contributed by atoms with Crippen molar-refractivity contribution in [3.63, 3.8) is 0 Å². The lowest BCUT2D eigenvalue weighted by Crippen LogP contribution is -2.13. The van der Waals surface area contributed by atoms with Gasteiger partial charge in [0.2, 0.25) is 0 Å². The van der Waals surface area contributed by atoms with Gasteiger partial charge in [0.1, 0.15) is 5.69 Å². The summed E-state index contributed by atoms with van der Waals surface area (Å²) in [6.45, 7) is 4.17. The molecule has 7 heteroatoms. The number of esters is 1. The second-order valence-corrected chi connectivity index (χ2v) is 6.72. The summed E-state index contributed by atoms with van der Waals surface area (Å²) >= 11 is 0. The van der Waals surface area contributed by atoms with Gasteiger partial charge in [0.25, 0.3) is 5.91 Å². The van der Waals surface area contributed by atoms with Crippen LogP contribution < -0.4 is 11.1 Å². The van der Waals surface area contributed by atoms with Crippen LogP contribution in [-0.4, -0.2) is 28.5 Å². The van der Waals surface area contributed by atoms with Crippen LogP contribution in [0.5, 0.6) is 0 Å². The average Bonchev–Trinajstić information content (AvgIpc) is 3.22. The Morgan fingerprint density at radius 3 is 2.66 bits per heavy atom. The number of rotatable bonds is 7. The van der Waals surface area contributed by atoms with Gasteiger partial charge < -0.3 is 20.8 Å². The van der Waals surface area contributed by atoms with Crippen molar-refractivity contribution in [1.29, 1.82) is 0 Å². The third-order valence-corrected chi connectivity index (χ3v) is 4.40. The van der Waals surface area contributed by atoms with Crippen LogP contribution in [0.3, 0.4) is 0 Å². The fourth-order valence-electron chi connectivity index (χ4n) is 2.92. The van der Waals surface area contributed by atoms with Gasteiger partial charge in [-0.25, -0.2) is 4.79 Å². The number of aromatic amines is 1. The molecule has 2 heterocycles. The molecule has 2 aromatic heterocycles. The van der Waals surface area contributed by atoms with E-state index >= 15 is 0 Å². The van der Waals surface area contributed by atoms with Crippen molar-refractivity contribution in [3.8, 4) is 11.1 Å². The molecule has 7 nitrogen and oxygen atoms in total. The number of aromatic nitrogens is 2. The minimum Gasteiger partial charge on any atom is -0.461 e. The number of hydrogen-bond acceptors (Lipinski definition) is 5. The predicted molar refractivity (Wildman–Crippen MR) is 112 cm³/mol. The fraction of sp³-hybridized carbons (Fsp3) is 0.227. The molecule has 0 fully saturated rings. The summed E-state index contributed by atoms with van der Waals surface area (Å²) in [5.74, 6) is -0.654. The zero-order chi connectivity index (χ0) is 20.8. The second kappa shape index (κ2) is 9.16. The van der Waals surface area contributed by atoms with Crippen LogP contribution in [0.1, 0.15) is 52.7 Å². The number of hydrogen-bond donors (Lipinski definition) is 3. The Morgan fingerprint density at radius 1 is 1.21 bits per heavy atom. The highest BCUT2D eigenvalue weighted by molar-refractivity contribution is 6.05. The van der Waals surface area contributed by atoms with E-state index in [1.807, 2.05) is 19.9 Å². The number of amides is 1. The Hall–Kier alpha value is -3.45. The van der Waals surface area contributed by atoms with E-state index < -0.39 is 5.97 Å². The minimum atomic E-state index is -0.410. The summed E-state index contributed by atoms with van der Waals surface area (Å²) in [6.07, 6.45) is 5.69. The first kappa shape index (κ1) is 20.3. The topological polar surface area (TPSA) is 110 Å². The average molecular weight is 392 g/mol. The summed E-state index contributed by atoms with van der Waals surface area (Å²) in [6, 6.07) is 10.3. The van der Waals surface area contributed by atoms with Crippen molar-refractivity contribution in [1.82, 2.24) is 9.97 Å². The van der Waals surface area contributed by atoms with Crippen molar-refractivity contribution in [2.24, 2.45) is 5.73 Å². The van der Waals surface area contributed by atoms with Gasteiger partial charge in [-0.3, -0.25) is 9.78 Å². The first-order valence-corrected chi connectivity index (χ1v) is 9.46. The molecule has 29 heavy (non-hydrogen) atoms. The maximum atomic E-state index is 12.7. The molecule has 1 aromatic carbocycles. The van der Waals surface area contributed by atoms with E-state index in [0.717, 1.165) is 23.1 Å². The quantitative estimate of drug-likeness (QED) is 0.528. The number of nitrogens with zero attached hydrogens (tertiary/aromatic N) is 1. The molecule has 0 spiro atoms. The summed E-state index contributed by atoms with van der Waals surface area (Å²) in [5.41, 5.74) is 10.0. The number of nitrogens with one attached hydrogen (secondary N) is 2. The van der Waals surface area contributed by atoms with Gasteiger partial charge in [0, 0.05) is 41.4 Å². The highest BCUT2D eigenvalue weighted by Crippen LogP contribution is 2.29. The lowest BCUT2D eigenvalue weighted by atomic mass is 9.95. The summed E-state index contributed by atoms with van der Waals surface area (Å²) in [4.78, 5) is 31.6. The Kier molecular flexibility index (Phi) is 6.41. The van der Waals surface area contributed by atoms with Crippen LogP contribution in [0.25, 0.3) is 11.1 Å². The van der Waals surface area contributed by atoms with Crippen LogP contribution in [0, 0.1) is 0 Å². The zero-order valence-electron chi connectivity index (χ0n) is 16.4. The van der Waals surface area contributed by atoms with Crippen molar-refractivity contribution < 1.29 is 14.3 Å². The smallest absolute Gasteiger partial charge is 0.354 e. The van der Waals surface area contributed by atoms with Gasteiger partial charge in [-0.05, 0) is 54.8 Å². The fourth-order valence-corrected chi connectivity index (χ4v) is 2.92. The highest BCUT2D eigenvalue weighted by Gasteiger charge is 2.17. The molecular formula is C22H24N4O3. The summed E-state index contributed by atoms with van der Waals surface area (Å²) < 4.78 is 5.17. The molecule has 1 atom stereocenters. The van der Waals surface area contributed by atoms with Crippen molar-refractivity contribution in [2.75, 3.05) is 11.9 Å². The third kappa shape index (κ3) is 4.89. The van der Waals surface area contributed by atoms with Gasteiger partial charge in [-0.2, -0.15) is 0 Å². The molecule has 0 aliphatic rings. The Labute approximate surface area is 169 Å². The maximum Gasteiger partial charge on any atom is 0.354 e. The van der Waals surface area contributed by atoms with Crippen LogP contribution in [0.4, 0.5) is 5.69 Å². The SMILES string of the molecule is CCCOC(=O)c1cc(-c2cc(C(=O)Nc3ccncc3)ccc2C(C)N)c[nH]1. The number of carbonyl (C=O) groups is 2. The molecule has 1 amide bonds. The van der Waals surface area contributed by atoms with E-state index in [-0.39, 0.29) is 11.9 Å². The number of benzene rings is 1. The van der Waals surface area contributed by atoms with E-state index in [9.17, 15) is 9.59 Å². The minimum absolute atomic E-state index is 0.243. The predicted octanol–water partition coefficient (Wildman–Crippen LogP) is 3.92. The molecule has 1 unspecified atom stereocenters. The summed E-state index contributed by atoms with van der Waals surface area (Å²) in [7, 11) is 0. The number of anilines is 1. The number of ether oxygens (including phenoxy) is 1. The largest absolute Gasteiger partial charge is 0.461 e. The molecule has 3 rings (SSSR count). The number of pyridine rings is 1.